The molecule has 2 heterocycles. The lowest BCUT2D eigenvalue weighted by Gasteiger charge is -2.17. The van der Waals surface area contributed by atoms with Crippen LogP contribution in [-0.2, 0) is 22.6 Å². The molecular weight excluding hydrogens is 533 g/mol. The van der Waals surface area contributed by atoms with E-state index < -0.39 is 32.7 Å². The lowest BCUT2D eigenvalue weighted by atomic mass is 10.1. The van der Waals surface area contributed by atoms with Crippen molar-refractivity contribution in [3.05, 3.63) is 98.8 Å². The number of halogens is 4. The molecule has 2 aromatic heterocycles. The zero-order valence-corrected chi connectivity index (χ0v) is 20.9. The van der Waals surface area contributed by atoms with E-state index in [0.717, 1.165) is 28.2 Å². The Bertz CT molecular complexity index is 1670. The van der Waals surface area contributed by atoms with Crippen molar-refractivity contribution in [1.29, 1.82) is 5.26 Å². The van der Waals surface area contributed by atoms with Crippen LogP contribution in [0.15, 0.2) is 76.4 Å². The number of pyridine rings is 1. The van der Waals surface area contributed by atoms with Crippen molar-refractivity contribution in [3.8, 4) is 27.1 Å². The Morgan fingerprint density at radius 3 is 2.31 bits per heavy atom. The molecule has 0 fully saturated rings. The summed E-state index contributed by atoms with van der Waals surface area (Å²) in [5.74, 6) is 0. The van der Waals surface area contributed by atoms with E-state index in [1.54, 1.807) is 48.5 Å². The third-order valence-corrected chi connectivity index (χ3v) is 7.90. The highest BCUT2D eigenvalue weighted by molar-refractivity contribution is 7.90. The van der Waals surface area contributed by atoms with Gasteiger partial charge in [-0.05, 0) is 53.6 Å². The molecule has 0 amide bonds. The maximum Gasteiger partial charge on any atom is 0.417 e. The minimum absolute atomic E-state index is 0.0169. The number of sulfone groups is 1. The first-order valence-electron chi connectivity index (χ1n) is 10.3. The van der Waals surface area contributed by atoms with Gasteiger partial charge < -0.3 is 4.57 Å². The van der Waals surface area contributed by atoms with Crippen molar-refractivity contribution in [3.63, 3.8) is 0 Å². The van der Waals surface area contributed by atoms with E-state index in [-0.39, 0.29) is 17.1 Å². The largest absolute Gasteiger partial charge is 0.417 e. The lowest BCUT2D eigenvalue weighted by molar-refractivity contribution is -0.137. The molecule has 184 valence electrons. The van der Waals surface area contributed by atoms with Gasteiger partial charge >= 0.3 is 6.18 Å². The molecule has 11 heteroatoms. The van der Waals surface area contributed by atoms with Crippen molar-refractivity contribution >= 4 is 32.8 Å². The average molecular weight is 549 g/mol. The van der Waals surface area contributed by atoms with E-state index in [1.165, 1.54) is 18.2 Å². The Kier molecular flexibility index (Phi) is 6.84. The van der Waals surface area contributed by atoms with E-state index in [0.29, 0.717) is 25.9 Å². The fraction of sp³-hybridized carbons (Fsp3) is 0.120. The van der Waals surface area contributed by atoms with Crippen LogP contribution in [0.3, 0.4) is 0 Å². The van der Waals surface area contributed by atoms with Crippen LogP contribution < -0.4 is 5.56 Å². The number of hydrogen-bond donors (Lipinski definition) is 0. The minimum Gasteiger partial charge on any atom is -0.302 e. The van der Waals surface area contributed by atoms with Crippen molar-refractivity contribution in [2.24, 2.45) is 0 Å². The molecule has 5 nitrogen and oxygen atoms in total. The van der Waals surface area contributed by atoms with Crippen LogP contribution in [0.25, 0.3) is 21.0 Å². The molecule has 4 aromatic rings. The topological polar surface area (TPSA) is 79.9 Å². The third-order valence-electron chi connectivity index (χ3n) is 5.38. The Morgan fingerprint density at radius 2 is 1.69 bits per heavy atom. The summed E-state index contributed by atoms with van der Waals surface area (Å²) < 4.78 is 66.3. The number of alkyl halides is 3. The van der Waals surface area contributed by atoms with E-state index in [2.05, 4.69) is 0 Å². The molecule has 0 saturated carbocycles. The van der Waals surface area contributed by atoms with Gasteiger partial charge in [0, 0.05) is 16.2 Å². The van der Waals surface area contributed by atoms with Crippen molar-refractivity contribution in [2.45, 2.75) is 17.6 Å². The number of thiophene rings is 1. The van der Waals surface area contributed by atoms with E-state index in [4.69, 9.17) is 11.6 Å². The molecule has 36 heavy (non-hydrogen) atoms. The molecule has 0 atom stereocenters. The first-order chi connectivity index (χ1) is 16.9. The molecule has 0 aliphatic heterocycles. The van der Waals surface area contributed by atoms with Gasteiger partial charge in [0.05, 0.1) is 27.6 Å². The maximum atomic E-state index is 13.8. The lowest BCUT2D eigenvalue weighted by Crippen LogP contribution is -2.28. The Labute approximate surface area is 213 Å². The summed E-state index contributed by atoms with van der Waals surface area (Å²) in [7, 11) is -3.46. The number of nitrogens with zero attached hydrogens (tertiary/aromatic N) is 2. The predicted molar refractivity (Wildman–Crippen MR) is 133 cm³/mol. The van der Waals surface area contributed by atoms with Gasteiger partial charge in [0.1, 0.15) is 11.6 Å². The minimum atomic E-state index is -4.91. The predicted octanol–water partition coefficient (Wildman–Crippen LogP) is 6.24. The molecule has 0 aliphatic carbocycles. The number of aromatic nitrogens is 1. The highest BCUT2D eigenvalue weighted by Gasteiger charge is 2.36. The van der Waals surface area contributed by atoms with Crippen LogP contribution in [0.5, 0.6) is 0 Å². The fourth-order valence-electron chi connectivity index (χ4n) is 3.62. The molecule has 0 unspecified atom stereocenters. The summed E-state index contributed by atoms with van der Waals surface area (Å²) in [4.78, 5) is 14.2. The van der Waals surface area contributed by atoms with Crippen molar-refractivity contribution in [2.75, 3.05) is 6.26 Å². The van der Waals surface area contributed by atoms with Crippen molar-refractivity contribution in [1.82, 2.24) is 4.57 Å². The summed E-state index contributed by atoms with van der Waals surface area (Å²) in [6.07, 6.45) is -3.83. The van der Waals surface area contributed by atoms with Crippen molar-refractivity contribution < 1.29 is 21.6 Å². The smallest absolute Gasteiger partial charge is 0.302 e. The zero-order chi connectivity index (χ0) is 26.3. The molecule has 0 spiro atoms. The molecule has 2 aromatic carbocycles. The summed E-state index contributed by atoms with van der Waals surface area (Å²) in [5, 5.41) is 9.82. The first kappa shape index (κ1) is 25.7. The van der Waals surface area contributed by atoms with Gasteiger partial charge in [-0.3, -0.25) is 4.79 Å². The monoisotopic (exact) mass is 548 g/mol. The average Bonchev–Trinajstić information content (AvgIpc) is 3.30. The Morgan fingerprint density at radius 1 is 1.03 bits per heavy atom. The molecule has 4 rings (SSSR count). The number of rotatable bonds is 5. The Hall–Kier alpha value is -3.39. The number of nitriles is 1. The quantitative estimate of drug-likeness (QED) is 0.296. The second-order valence-electron chi connectivity index (χ2n) is 7.91. The summed E-state index contributed by atoms with van der Waals surface area (Å²) in [5.41, 5.74) is -2.22. The fourth-order valence-corrected chi connectivity index (χ4v) is 5.44. The van der Waals surface area contributed by atoms with E-state index in [1.807, 2.05) is 0 Å². The first-order valence-corrected chi connectivity index (χ1v) is 13.4. The number of hydrogen-bond acceptors (Lipinski definition) is 5. The van der Waals surface area contributed by atoms with E-state index in [9.17, 15) is 31.6 Å². The van der Waals surface area contributed by atoms with Crippen LogP contribution >= 0.6 is 22.9 Å². The van der Waals surface area contributed by atoms with Gasteiger partial charge in [-0.15, -0.1) is 11.3 Å². The standard InChI is InChI=1S/C25H16ClF3N2O3S2/c1-36(33,34)18-4-2-3-16(11-18)22-9-10-23(35-22)21-12-20(25(27,28)29)19(13-30)24(32)31(21)14-15-5-7-17(26)8-6-15/h2-12H,14H2,1H3. The SMILES string of the molecule is CS(=O)(=O)c1cccc(-c2ccc(-c3cc(C(F)(F)F)c(C#N)c(=O)n3Cc3ccc(Cl)cc3)s2)c1. The van der Waals surface area contributed by atoms with Gasteiger partial charge in [0.25, 0.3) is 5.56 Å². The van der Waals surface area contributed by atoms with E-state index >= 15 is 0 Å². The molecule has 0 bridgehead atoms. The normalized spacial score (nSPS) is 11.9. The highest BCUT2D eigenvalue weighted by atomic mass is 35.5. The highest BCUT2D eigenvalue weighted by Crippen LogP contribution is 2.38. The van der Waals surface area contributed by atoms with Crippen LogP contribution in [0.1, 0.15) is 16.7 Å². The molecule has 0 N–H and O–H groups in total. The summed E-state index contributed by atoms with van der Waals surface area (Å²) >= 11 is 7.02. The number of benzene rings is 2. The van der Waals surface area contributed by atoms with Gasteiger partial charge in [0.15, 0.2) is 9.84 Å². The molecular formula is C25H16ClF3N2O3S2. The molecule has 0 radical (unpaired) electrons. The van der Waals surface area contributed by atoms with Crippen LogP contribution in [-0.4, -0.2) is 19.2 Å². The second kappa shape index (κ2) is 9.58. The summed E-state index contributed by atoms with van der Waals surface area (Å²) in [6, 6.07) is 18.1. The maximum absolute atomic E-state index is 13.8. The van der Waals surface area contributed by atoms with Gasteiger partial charge in [-0.1, -0.05) is 35.9 Å². The third kappa shape index (κ3) is 5.23. The van der Waals surface area contributed by atoms with Crippen LogP contribution in [0.4, 0.5) is 13.2 Å². The van der Waals surface area contributed by atoms with Gasteiger partial charge in [-0.2, -0.15) is 18.4 Å². The zero-order valence-electron chi connectivity index (χ0n) is 18.5. The second-order valence-corrected chi connectivity index (χ2v) is 11.4. The molecule has 0 saturated heterocycles. The van der Waals surface area contributed by atoms with Gasteiger partial charge in [-0.25, -0.2) is 8.42 Å². The summed E-state index contributed by atoms with van der Waals surface area (Å²) in [6.45, 7) is -0.0883. The van der Waals surface area contributed by atoms with Crippen LogP contribution in [0.2, 0.25) is 5.02 Å². The van der Waals surface area contributed by atoms with Gasteiger partial charge in [0.2, 0.25) is 0 Å². The Balaban J connectivity index is 1.91. The molecule has 0 aliphatic rings. The van der Waals surface area contributed by atoms with Crippen LogP contribution in [0, 0.1) is 11.3 Å².